The SMILES string of the molecule is C/C(=C\S(=O)(=O)N(Cc1ccccn1)C1CCN(c2ccc(C(=O)N(C)C)cc2F)C1=O)c1ccc(Cl)s1. The molecule has 0 N–H and O–H groups in total. The summed E-state index contributed by atoms with van der Waals surface area (Å²) >= 11 is 7.27. The number of nitrogens with zero attached hydrogens (tertiary/aromatic N) is 4. The summed E-state index contributed by atoms with van der Waals surface area (Å²) in [5.74, 6) is -1.67. The van der Waals surface area contributed by atoms with Gasteiger partial charge >= 0.3 is 0 Å². The first kappa shape index (κ1) is 27.9. The molecule has 0 radical (unpaired) electrons. The van der Waals surface area contributed by atoms with Crippen LogP contribution in [0.5, 0.6) is 0 Å². The minimum absolute atomic E-state index is 0.0112. The first-order chi connectivity index (χ1) is 18.0. The Balaban J connectivity index is 1.67. The van der Waals surface area contributed by atoms with Crippen LogP contribution in [0.4, 0.5) is 10.1 Å². The summed E-state index contributed by atoms with van der Waals surface area (Å²) < 4.78 is 44.0. The van der Waals surface area contributed by atoms with Crippen LogP contribution in [-0.2, 0) is 21.4 Å². The van der Waals surface area contributed by atoms with Gasteiger partial charge in [0.25, 0.3) is 5.91 Å². The highest BCUT2D eigenvalue weighted by molar-refractivity contribution is 7.92. The van der Waals surface area contributed by atoms with Gasteiger partial charge in [0.1, 0.15) is 11.9 Å². The summed E-state index contributed by atoms with van der Waals surface area (Å²) in [6.07, 6.45) is 1.70. The fourth-order valence-corrected chi connectivity index (χ4v) is 6.85. The molecule has 3 heterocycles. The number of hydrogen-bond acceptors (Lipinski definition) is 6. The Labute approximate surface area is 230 Å². The number of sulfonamides is 1. The zero-order chi connectivity index (χ0) is 27.6. The lowest BCUT2D eigenvalue weighted by molar-refractivity contribution is -0.120. The highest BCUT2D eigenvalue weighted by atomic mass is 35.5. The topological polar surface area (TPSA) is 90.9 Å². The van der Waals surface area contributed by atoms with Crippen molar-refractivity contribution in [1.82, 2.24) is 14.2 Å². The van der Waals surface area contributed by atoms with Crippen LogP contribution >= 0.6 is 22.9 Å². The van der Waals surface area contributed by atoms with E-state index >= 15 is 4.39 Å². The van der Waals surface area contributed by atoms with E-state index in [-0.39, 0.29) is 36.7 Å². The second-order valence-corrected chi connectivity index (χ2v) is 12.4. The molecule has 0 spiro atoms. The van der Waals surface area contributed by atoms with E-state index in [9.17, 15) is 18.0 Å². The van der Waals surface area contributed by atoms with Gasteiger partial charge in [-0.15, -0.1) is 11.3 Å². The molecule has 38 heavy (non-hydrogen) atoms. The van der Waals surface area contributed by atoms with Crippen LogP contribution in [0.2, 0.25) is 4.34 Å². The molecule has 0 saturated carbocycles. The molecule has 1 aliphatic heterocycles. The summed E-state index contributed by atoms with van der Waals surface area (Å²) in [6, 6.07) is 11.4. The molecule has 8 nitrogen and oxygen atoms in total. The van der Waals surface area contributed by atoms with Gasteiger partial charge in [-0.2, -0.15) is 4.31 Å². The number of carbonyl (C=O) groups excluding carboxylic acids is 2. The third-order valence-corrected chi connectivity index (χ3v) is 9.13. The van der Waals surface area contributed by atoms with Crippen molar-refractivity contribution in [3.63, 3.8) is 0 Å². The Morgan fingerprint density at radius 3 is 2.61 bits per heavy atom. The summed E-state index contributed by atoms with van der Waals surface area (Å²) in [5, 5.41) is 1.12. The maximum absolute atomic E-state index is 15.0. The molecule has 1 aliphatic rings. The largest absolute Gasteiger partial charge is 0.345 e. The predicted molar refractivity (Wildman–Crippen MR) is 147 cm³/mol. The molecular weight excluding hydrogens is 551 g/mol. The zero-order valence-electron chi connectivity index (χ0n) is 21.0. The van der Waals surface area contributed by atoms with Crippen molar-refractivity contribution in [3.8, 4) is 0 Å². The van der Waals surface area contributed by atoms with Gasteiger partial charge in [-0.1, -0.05) is 17.7 Å². The van der Waals surface area contributed by atoms with E-state index in [4.69, 9.17) is 11.6 Å². The minimum Gasteiger partial charge on any atom is -0.345 e. The molecule has 1 unspecified atom stereocenters. The van der Waals surface area contributed by atoms with Gasteiger partial charge in [-0.3, -0.25) is 14.6 Å². The van der Waals surface area contributed by atoms with E-state index in [0.29, 0.717) is 20.5 Å². The Hall–Kier alpha value is -3.12. The van der Waals surface area contributed by atoms with Crippen molar-refractivity contribution < 1.29 is 22.4 Å². The number of thiophene rings is 1. The molecule has 2 aromatic heterocycles. The monoisotopic (exact) mass is 576 g/mol. The van der Waals surface area contributed by atoms with Gasteiger partial charge < -0.3 is 9.80 Å². The molecule has 3 aromatic rings. The Bertz CT molecular complexity index is 1490. The third-order valence-electron chi connectivity index (χ3n) is 6.07. The maximum atomic E-state index is 15.0. The van der Waals surface area contributed by atoms with Gasteiger partial charge in [-0.05, 0) is 61.4 Å². The van der Waals surface area contributed by atoms with E-state index in [1.54, 1.807) is 57.5 Å². The first-order valence-electron chi connectivity index (χ1n) is 11.7. The van der Waals surface area contributed by atoms with E-state index < -0.39 is 27.8 Å². The first-order valence-corrected chi connectivity index (χ1v) is 14.4. The standard InChI is InChI=1S/C26H26ClFN4O4S2/c1-17(23-9-10-24(27)37-23)16-38(35,36)32(15-19-6-4-5-12-29-19)22-11-13-31(26(22)34)21-8-7-18(14-20(21)28)25(33)30(2)3/h4-10,12,14,16,22H,11,13,15H2,1-3H3/b17-16+. The normalized spacial score (nSPS) is 16.4. The average molecular weight is 577 g/mol. The minimum atomic E-state index is -4.11. The van der Waals surface area contributed by atoms with Gasteiger partial charge in [-0.25, -0.2) is 12.8 Å². The van der Waals surface area contributed by atoms with Crippen LogP contribution < -0.4 is 4.90 Å². The quantitative estimate of drug-likeness (QED) is 0.390. The number of benzene rings is 1. The fraction of sp³-hybridized carbons (Fsp3) is 0.269. The molecule has 12 heteroatoms. The maximum Gasteiger partial charge on any atom is 0.253 e. The average Bonchev–Trinajstić information content (AvgIpc) is 3.48. The number of anilines is 1. The lowest BCUT2D eigenvalue weighted by Crippen LogP contribution is -2.44. The lowest BCUT2D eigenvalue weighted by atomic mass is 10.1. The number of amides is 2. The lowest BCUT2D eigenvalue weighted by Gasteiger charge is -2.26. The number of aromatic nitrogens is 1. The second-order valence-electron chi connectivity index (χ2n) is 8.98. The summed E-state index contributed by atoms with van der Waals surface area (Å²) in [4.78, 5) is 33.2. The molecule has 2 amide bonds. The second kappa shape index (κ2) is 11.3. The molecule has 4 rings (SSSR count). The molecule has 0 aliphatic carbocycles. The van der Waals surface area contributed by atoms with Gasteiger partial charge in [0.2, 0.25) is 15.9 Å². The third kappa shape index (κ3) is 5.96. The highest BCUT2D eigenvalue weighted by Gasteiger charge is 2.42. The van der Waals surface area contributed by atoms with Crippen molar-refractivity contribution in [3.05, 3.63) is 86.4 Å². The molecule has 0 bridgehead atoms. The van der Waals surface area contributed by atoms with Crippen LogP contribution in [0, 0.1) is 5.82 Å². The predicted octanol–water partition coefficient (Wildman–Crippen LogP) is 4.64. The number of pyridine rings is 1. The molecule has 1 atom stereocenters. The number of rotatable bonds is 8. The van der Waals surface area contributed by atoms with Crippen molar-refractivity contribution in [1.29, 1.82) is 0 Å². The van der Waals surface area contributed by atoms with Crippen molar-refractivity contribution in [2.45, 2.75) is 25.9 Å². The van der Waals surface area contributed by atoms with Crippen molar-refractivity contribution in [2.75, 3.05) is 25.5 Å². The number of allylic oxidation sites excluding steroid dienone is 1. The summed E-state index contributed by atoms with van der Waals surface area (Å²) in [5.41, 5.74) is 1.07. The van der Waals surface area contributed by atoms with Crippen LogP contribution in [-0.4, -0.2) is 61.1 Å². The molecule has 1 aromatic carbocycles. The highest BCUT2D eigenvalue weighted by Crippen LogP contribution is 2.32. The number of hydrogen-bond donors (Lipinski definition) is 0. The van der Waals surface area contributed by atoms with Crippen LogP contribution in [0.1, 0.15) is 34.3 Å². The Morgan fingerprint density at radius 1 is 1.24 bits per heavy atom. The van der Waals surface area contributed by atoms with E-state index in [2.05, 4.69) is 4.98 Å². The zero-order valence-corrected chi connectivity index (χ0v) is 23.4. The number of carbonyl (C=O) groups is 2. The van der Waals surface area contributed by atoms with Crippen LogP contribution in [0.15, 0.2) is 60.1 Å². The van der Waals surface area contributed by atoms with Crippen molar-refractivity contribution in [2.24, 2.45) is 0 Å². The van der Waals surface area contributed by atoms with Gasteiger partial charge in [0.05, 0.1) is 27.7 Å². The van der Waals surface area contributed by atoms with Crippen LogP contribution in [0.3, 0.4) is 0 Å². The fourth-order valence-electron chi connectivity index (χ4n) is 4.19. The Kier molecular flexibility index (Phi) is 8.31. The van der Waals surface area contributed by atoms with E-state index in [1.807, 2.05) is 0 Å². The molecule has 1 saturated heterocycles. The molecule has 1 fully saturated rings. The molecule has 200 valence electrons. The van der Waals surface area contributed by atoms with E-state index in [1.165, 1.54) is 33.3 Å². The number of halogens is 2. The molecular formula is C26H26ClFN4O4S2. The smallest absolute Gasteiger partial charge is 0.253 e. The summed E-state index contributed by atoms with van der Waals surface area (Å²) in [6.45, 7) is 1.63. The van der Waals surface area contributed by atoms with Gasteiger partial charge in [0, 0.05) is 37.3 Å². The van der Waals surface area contributed by atoms with E-state index in [0.717, 1.165) is 15.8 Å². The van der Waals surface area contributed by atoms with Gasteiger partial charge in [0.15, 0.2) is 0 Å². The van der Waals surface area contributed by atoms with Crippen LogP contribution in [0.25, 0.3) is 5.57 Å². The Morgan fingerprint density at radius 2 is 2.00 bits per heavy atom. The van der Waals surface area contributed by atoms with Crippen molar-refractivity contribution >= 4 is 56.0 Å². The summed E-state index contributed by atoms with van der Waals surface area (Å²) in [7, 11) is -0.999.